The zero-order valence-corrected chi connectivity index (χ0v) is 19.7. The Balaban J connectivity index is 5.33. The summed E-state index contributed by atoms with van der Waals surface area (Å²) >= 11 is 0. The maximum absolute atomic E-state index is 13.6. The molecule has 0 saturated carbocycles. The predicted molar refractivity (Wildman–Crippen MR) is 99.9 cm³/mol. The number of carbonyl (C=O) groups is 2. The summed E-state index contributed by atoms with van der Waals surface area (Å²) in [6, 6.07) is 0. The van der Waals surface area contributed by atoms with Gasteiger partial charge in [-0.05, 0) is 12.8 Å². The van der Waals surface area contributed by atoms with Crippen LogP contribution in [0.15, 0.2) is 0 Å². The topological polar surface area (TPSA) is 52.6 Å². The number of ether oxygens (including phenoxy) is 2. The predicted octanol–water partition coefficient (Wildman–Crippen LogP) is 7.64. The third-order valence-corrected chi connectivity index (χ3v) is 4.99. The Labute approximate surface area is 207 Å². The fourth-order valence-corrected chi connectivity index (χ4v) is 2.63. The first-order chi connectivity index (χ1) is 17.0. The number of hydrogen-bond donors (Lipinski definition) is 0. The number of unbranched alkanes of at least 4 members (excludes halogenated alkanes) is 2. The molecule has 18 heteroatoms. The zero-order chi connectivity index (χ0) is 30.4. The fraction of sp³-hybridized carbons (Fsp3) is 0.900. The second-order valence-electron chi connectivity index (χ2n) is 8.10. The average Bonchev–Trinajstić information content (AvgIpc) is 2.78. The van der Waals surface area contributed by atoms with Crippen LogP contribution in [0.3, 0.4) is 0 Å². The minimum Gasteiger partial charge on any atom is -0.396 e. The molecular weight excluding hydrogens is 570 g/mol. The molecule has 0 bridgehead atoms. The lowest BCUT2D eigenvalue weighted by Crippen LogP contribution is -2.60. The maximum atomic E-state index is 13.6. The Morgan fingerprint density at radius 2 is 0.842 bits per heavy atom. The van der Waals surface area contributed by atoms with E-state index >= 15 is 0 Å². The average molecular weight is 594 g/mol. The van der Waals surface area contributed by atoms with Crippen molar-refractivity contribution < 1.29 is 80.5 Å². The summed E-state index contributed by atoms with van der Waals surface area (Å²) in [5, 5.41) is 0. The smallest absolute Gasteiger partial charge is 0.396 e. The van der Waals surface area contributed by atoms with Crippen molar-refractivity contribution in [3.63, 3.8) is 0 Å². The molecule has 4 nitrogen and oxygen atoms in total. The number of hydrogen-bond acceptors (Lipinski definition) is 4. The van der Waals surface area contributed by atoms with E-state index in [1.54, 1.807) is 0 Å². The van der Waals surface area contributed by atoms with E-state index in [1.807, 2.05) is 0 Å². The van der Waals surface area contributed by atoms with Crippen LogP contribution >= 0.6 is 0 Å². The third-order valence-electron chi connectivity index (χ3n) is 4.99. The second-order valence-corrected chi connectivity index (χ2v) is 8.10. The van der Waals surface area contributed by atoms with Crippen molar-refractivity contribution in [1.29, 1.82) is 0 Å². The Morgan fingerprint density at radius 1 is 0.579 bits per heavy atom. The molecule has 0 aromatic carbocycles. The molecule has 0 saturated heterocycles. The number of carbonyl (C=O) groups excluding carboxylic acids is 2. The highest BCUT2D eigenvalue weighted by Crippen LogP contribution is 2.51. The van der Waals surface area contributed by atoms with Gasteiger partial charge in [0, 0.05) is 0 Å². The van der Waals surface area contributed by atoms with Gasteiger partial charge in [-0.2, -0.15) is 52.7 Å². The van der Waals surface area contributed by atoms with Crippen LogP contribution in [0.1, 0.15) is 65.2 Å². The standard InChI is InChI=1S/C20H24F14O4/c1-3-5-7-11(21)15(23,24)17(27,28)19(31,32)37-13(35)9-10-14(36)38-20(33,34)18(29,30)16(25,26)12(22)8-6-4-2/h11-12H,3-10H2,1-2H3. The molecule has 2 unspecified atom stereocenters. The van der Waals surface area contributed by atoms with E-state index < -0.39 is 98.7 Å². The molecule has 0 radical (unpaired) electrons. The van der Waals surface area contributed by atoms with Gasteiger partial charge in [0.25, 0.3) is 0 Å². The number of halogens is 14. The van der Waals surface area contributed by atoms with Crippen LogP contribution in [0.25, 0.3) is 0 Å². The van der Waals surface area contributed by atoms with Crippen molar-refractivity contribution >= 4 is 11.9 Å². The van der Waals surface area contributed by atoms with E-state index in [0.29, 0.717) is 0 Å². The lowest BCUT2D eigenvalue weighted by Gasteiger charge is -2.33. The second kappa shape index (κ2) is 12.9. The highest BCUT2D eigenvalue weighted by Gasteiger charge is 2.78. The minimum atomic E-state index is -6.65. The first kappa shape index (κ1) is 36.0. The summed E-state index contributed by atoms with van der Waals surface area (Å²) < 4.78 is 196. The van der Waals surface area contributed by atoms with Gasteiger partial charge < -0.3 is 9.47 Å². The van der Waals surface area contributed by atoms with Crippen molar-refractivity contribution in [3.8, 4) is 0 Å². The summed E-state index contributed by atoms with van der Waals surface area (Å²) in [4.78, 5) is 22.6. The summed E-state index contributed by atoms with van der Waals surface area (Å²) in [5.74, 6) is -30.8. The van der Waals surface area contributed by atoms with Gasteiger partial charge in [-0.1, -0.05) is 39.5 Å². The van der Waals surface area contributed by atoms with E-state index in [1.165, 1.54) is 13.8 Å². The van der Waals surface area contributed by atoms with Crippen LogP contribution < -0.4 is 0 Å². The van der Waals surface area contributed by atoms with Gasteiger partial charge in [0.1, 0.15) is 0 Å². The first-order valence-corrected chi connectivity index (χ1v) is 10.9. The molecule has 0 spiro atoms. The van der Waals surface area contributed by atoms with Crippen LogP contribution in [0.4, 0.5) is 61.5 Å². The van der Waals surface area contributed by atoms with E-state index in [0.717, 1.165) is 0 Å². The monoisotopic (exact) mass is 594 g/mol. The van der Waals surface area contributed by atoms with Crippen molar-refractivity contribution in [2.45, 2.75) is 113 Å². The number of rotatable bonds is 17. The molecule has 0 amide bonds. The molecule has 0 fully saturated rings. The van der Waals surface area contributed by atoms with Gasteiger partial charge in [-0.3, -0.25) is 9.59 Å². The first-order valence-electron chi connectivity index (χ1n) is 10.9. The zero-order valence-electron chi connectivity index (χ0n) is 19.7. The summed E-state index contributed by atoms with van der Waals surface area (Å²) in [6.45, 7) is 2.66. The number of alkyl halides is 14. The molecule has 226 valence electrons. The van der Waals surface area contributed by atoms with Gasteiger partial charge in [-0.15, -0.1) is 0 Å². The van der Waals surface area contributed by atoms with Crippen molar-refractivity contribution in [3.05, 3.63) is 0 Å². The highest BCUT2D eigenvalue weighted by atomic mass is 19.4. The largest absolute Gasteiger partial charge is 0.473 e. The van der Waals surface area contributed by atoms with E-state index in [9.17, 15) is 71.1 Å². The molecule has 0 aliphatic rings. The summed E-state index contributed by atoms with van der Waals surface area (Å²) in [7, 11) is 0. The van der Waals surface area contributed by atoms with Crippen molar-refractivity contribution in [2.75, 3.05) is 0 Å². The van der Waals surface area contributed by atoms with Crippen LogP contribution in [-0.4, -0.2) is 60.2 Å². The fourth-order valence-electron chi connectivity index (χ4n) is 2.63. The Bertz CT molecular complexity index is 724. The lowest BCUT2D eigenvalue weighted by atomic mass is 10.0. The van der Waals surface area contributed by atoms with Crippen LogP contribution in [0.2, 0.25) is 0 Å². The Hall–Kier alpha value is -2.04. The molecule has 38 heavy (non-hydrogen) atoms. The normalized spacial score (nSPS) is 15.7. The van der Waals surface area contributed by atoms with Crippen LogP contribution in [-0.2, 0) is 19.1 Å². The summed E-state index contributed by atoms with van der Waals surface area (Å²) in [5.41, 5.74) is 0. The molecule has 0 rings (SSSR count). The van der Waals surface area contributed by atoms with Gasteiger partial charge in [0.15, 0.2) is 12.3 Å². The molecule has 0 aliphatic heterocycles. The summed E-state index contributed by atoms with van der Waals surface area (Å²) in [6.07, 6.45) is -27.8. The molecule has 0 aromatic heterocycles. The maximum Gasteiger partial charge on any atom is 0.473 e. The molecule has 0 N–H and O–H groups in total. The quantitative estimate of drug-likeness (QED) is 0.128. The van der Waals surface area contributed by atoms with E-state index in [2.05, 4.69) is 9.47 Å². The van der Waals surface area contributed by atoms with Crippen LogP contribution in [0.5, 0.6) is 0 Å². The highest BCUT2D eigenvalue weighted by molar-refractivity contribution is 5.78. The van der Waals surface area contributed by atoms with E-state index in [4.69, 9.17) is 0 Å². The Morgan fingerprint density at radius 3 is 1.08 bits per heavy atom. The van der Waals surface area contributed by atoms with Crippen molar-refractivity contribution in [2.24, 2.45) is 0 Å². The van der Waals surface area contributed by atoms with Gasteiger partial charge in [0.2, 0.25) is 0 Å². The lowest BCUT2D eigenvalue weighted by molar-refractivity contribution is -0.395. The SMILES string of the molecule is CCCCC(F)C(F)(F)C(F)(F)C(F)(F)OC(=O)CCC(=O)OC(F)(F)C(F)(F)C(F)(F)C(F)CCCC. The van der Waals surface area contributed by atoms with Gasteiger partial charge in [-0.25, -0.2) is 8.78 Å². The third kappa shape index (κ3) is 7.76. The molecular formula is C20H24F14O4. The van der Waals surface area contributed by atoms with Crippen molar-refractivity contribution in [1.82, 2.24) is 0 Å². The van der Waals surface area contributed by atoms with Crippen LogP contribution in [0, 0.1) is 0 Å². The van der Waals surface area contributed by atoms with Gasteiger partial charge in [0.05, 0.1) is 12.8 Å². The molecule has 0 heterocycles. The van der Waals surface area contributed by atoms with E-state index in [-0.39, 0.29) is 12.8 Å². The number of esters is 2. The molecule has 2 atom stereocenters. The Kier molecular flexibility index (Phi) is 12.2. The van der Waals surface area contributed by atoms with Gasteiger partial charge >= 0.3 is 47.8 Å². The molecule has 0 aromatic rings. The minimum absolute atomic E-state index is 0.0133. The molecule has 0 aliphatic carbocycles.